The molecule has 0 aromatic carbocycles. The summed E-state index contributed by atoms with van der Waals surface area (Å²) in [6, 6.07) is 0. The minimum atomic E-state index is 0.108. The second-order valence-electron chi connectivity index (χ2n) is 5.10. The summed E-state index contributed by atoms with van der Waals surface area (Å²) in [7, 11) is 0. The van der Waals surface area contributed by atoms with Gasteiger partial charge in [0.05, 0.1) is 5.70 Å². The SMILES string of the molecule is CC=C(N)C(=O)CCCCCCCCCCCC. The molecule has 0 atom stereocenters. The third-order valence-electron chi connectivity index (χ3n) is 3.39. The third-order valence-corrected chi connectivity index (χ3v) is 3.39. The smallest absolute Gasteiger partial charge is 0.178 e. The number of unbranched alkanes of at least 4 members (excludes halogenated alkanes) is 9. The van der Waals surface area contributed by atoms with E-state index in [-0.39, 0.29) is 5.78 Å². The van der Waals surface area contributed by atoms with Crippen LogP contribution in [0.2, 0.25) is 0 Å². The lowest BCUT2D eigenvalue weighted by Gasteiger charge is -2.02. The molecule has 0 aliphatic heterocycles. The predicted molar refractivity (Wildman–Crippen MR) is 79.4 cm³/mol. The highest BCUT2D eigenvalue weighted by Crippen LogP contribution is 2.11. The van der Waals surface area contributed by atoms with Crippen LogP contribution in [-0.4, -0.2) is 5.78 Å². The van der Waals surface area contributed by atoms with E-state index in [0.29, 0.717) is 12.1 Å². The Morgan fingerprint density at radius 1 is 0.889 bits per heavy atom. The summed E-state index contributed by atoms with van der Waals surface area (Å²) in [5.74, 6) is 0.108. The third kappa shape index (κ3) is 10.4. The van der Waals surface area contributed by atoms with Crippen molar-refractivity contribution < 1.29 is 4.79 Å². The molecule has 2 N–H and O–H groups in total. The molecule has 0 aliphatic carbocycles. The van der Waals surface area contributed by atoms with Crippen molar-refractivity contribution in [2.75, 3.05) is 0 Å². The number of carbonyl (C=O) groups excluding carboxylic acids is 1. The van der Waals surface area contributed by atoms with Crippen molar-refractivity contribution in [3.8, 4) is 0 Å². The van der Waals surface area contributed by atoms with Gasteiger partial charge >= 0.3 is 0 Å². The fraction of sp³-hybridized carbons (Fsp3) is 0.812. The number of allylic oxidation sites excluding steroid dienone is 2. The molecule has 0 saturated heterocycles. The van der Waals surface area contributed by atoms with E-state index in [4.69, 9.17) is 5.73 Å². The molecule has 2 heteroatoms. The zero-order chi connectivity index (χ0) is 13.6. The predicted octanol–water partition coefficient (Wildman–Crippen LogP) is 4.73. The van der Waals surface area contributed by atoms with Crippen molar-refractivity contribution in [2.45, 2.75) is 84.5 Å². The van der Waals surface area contributed by atoms with Gasteiger partial charge in [-0.05, 0) is 13.3 Å². The Hall–Kier alpha value is -0.790. The fourth-order valence-electron chi connectivity index (χ4n) is 2.08. The maximum atomic E-state index is 11.4. The Kier molecular flexibility index (Phi) is 12.1. The number of ketones is 1. The summed E-state index contributed by atoms with van der Waals surface area (Å²) < 4.78 is 0. The molecule has 0 aromatic heterocycles. The second kappa shape index (κ2) is 12.7. The Morgan fingerprint density at radius 3 is 1.78 bits per heavy atom. The lowest BCUT2D eigenvalue weighted by molar-refractivity contribution is -0.115. The molecule has 0 spiro atoms. The average Bonchev–Trinajstić information content (AvgIpc) is 2.39. The van der Waals surface area contributed by atoms with Gasteiger partial charge in [0.15, 0.2) is 5.78 Å². The maximum Gasteiger partial charge on any atom is 0.178 e. The van der Waals surface area contributed by atoms with Crippen LogP contribution in [0.1, 0.15) is 84.5 Å². The van der Waals surface area contributed by atoms with Crippen LogP contribution in [0.25, 0.3) is 0 Å². The molecule has 0 aliphatic rings. The zero-order valence-corrected chi connectivity index (χ0v) is 12.3. The molecule has 0 heterocycles. The second-order valence-corrected chi connectivity index (χ2v) is 5.10. The highest BCUT2D eigenvalue weighted by molar-refractivity contribution is 5.94. The Bertz CT molecular complexity index is 233. The molecule has 106 valence electrons. The molecule has 0 fully saturated rings. The van der Waals surface area contributed by atoms with Gasteiger partial charge in [0.2, 0.25) is 0 Å². The largest absolute Gasteiger partial charge is 0.396 e. The molecule has 0 rings (SSSR count). The van der Waals surface area contributed by atoms with Crippen molar-refractivity contribution >= 4 is 5.78 Å². The number of hydrogen-bond acceptors (Lipinski definition) is 2. The molecule has 2 nitrogen and oxygen atoms in total. The van der Waals surface area contributed by atoms with Crippen LogP contribution in [0, 0.1) is 0 Å². The van der Waals surface area contributed by atoms with Gasteiger partial charge in [0, 0.05) is 6.42 Å². The minimum absolute atomic E-state index is 0.108. The number of Topliss-reactive ketones (excluding diaryl/α,β-unsaturated/α-hetero) is 1. The number of carbonyl (C=O) groups is 1. The van der Waals surface area contributed by atoms with E-state index in [1.807, 2.05) is 6.92 Å². The van der Waals surface area contributed by atoms with Crippen molar-refractivity contribution in [1.82, 2.24) is 0 Å². The van der Waals surface area contributed by atoms with E-state index in [1.54, 1.807) is 6.08 Å². The van der Waals surface area contributed by atoms with Crippen molar-refractivity contribution in [3.05, 3.63) is 11.8 Å². The van der Waals surface area contributed by atoms with Crippen molar-refractivity contribution in [3.63, 3.8) is 0 Å². The summed E-state index contributed by atoms with van der Waals surface area (Å²) in [5.41, 5.74) is 5.97. The lowest BCUT2D eigenvalue weighted by Crippen LogP contribution is -2.10. The fourth-order valence-corrected chi connectivity index (χ4v) is 2.08. The Balaban J connectivity index is 3.19. The van der Waals surface area contributed by atoms with E-state index >= 15 is 0 Å². The molecular weight excluding hydrogens is 222 g/mol. The minimum Gasteiger partial charge on any atom is -0.396 e. The summed E-state index contributed by atoms with van der Waals surface area (Å²) in [4.78, 5) is 11.4. The molecule has 0 radical (unpaired) electrons. The van der Waals surface area contributed by atoms with E-state index < -0.39 is 0 Å². The van der Waals surface area contributed by atoms with Gasteiger partial charge in [-0.1, -0.05) is 70.8 Å². The van der Waals surface area contributed by atoms with Gasteiger partial charge in [-0.25, -0.2) is 0 Å². The molecule has 0 saturated carbocycles. The highest BCUT2D eigenvalue weighted by atomic mass is 16.1. The lowest BCUT2D eigenvalue weighted by atomic mass is 10.0. The van der Waals surface area contributed by atoms with E-state index in [0.717, 1.165) is 12.8 Å². The van der Waals surface area contributed by atoms with Gasteiger partial charge in [-0.15, -0.1) is 0 Å². The number of nitrogens with two attached hydrogens (primary N) is 1. The summed E-state index contributed by atoms with van der Waals surface area (Å²) in [6.07, 6.45) is 15.3. The summed E-state index contributed by atoms with van der Waals surface area (Å²) in [5, 5.41) is 0. The number of rotatable bonds is 12. The van der Waals surface area contributed by atoms with Gasteiger partial charge in [0.25, 0.3) is 0 Å². The van der Waals surface area contributed by atoms with Crippen LogP contribution in [0.5, 0.6) is 0 Å². The first kappa shape index (κ1) is 17.2. The first-order valence-corrected chi connectivity index (χ1v) is 7.67. The zero-order valence-electron chi connectivity index (χ0n) is 12.3. The van der Waals surface area contributed by atoms with Gasteiger partial charge < -0.3 is 5.73 Å². The Labute approximate surface area is 113 Å². The molecule has 0 amide bonds. The first-order valence-electron chi connectivity index (χ1n) is 7.67. The van der Waals surface area contributed by atoms with Crippen LogP contribution in [0.4, 0.5) is 0 Å². The quantitative estimate of drug-likeness (QED) is 0.403. The van der Waals surface area contributed by atoms with E-state index in [9.17, 15) is 4.79 Å². The highest BCUT2D eigenvalue weighted by Gasteiger charge is 2.03. The maximum absolute atomic E-state index is 11.4. The average molecular weight is 253 g/mol. The number of hydrogen-bond donors (Lipinski definition) is 1. The van der Waals surface area contributed by atoms with Gasteiger partial charge in [-0.3, -0.25) is 4.79 Å². The van der Waals surface area contributed by atoms with Crippen LogP contribution < -0.4 is 5.73 Å². The molecule has 0 unspecified atom stereocenters. The van der Waals surface area contributed by atoms with Gasteiger partial charge in [-0.2, -0.15) is 0 Å². The van der Waals surface area contributed by atoms with Gasteiger partial charge in [0.1, 0.15) is 0 Å². The summed E-state index contributed by atoms with van der Waals surface area (Å²) >= 11 is 0. The van der Waals surface area contributed by atoms with E-state index in [1.165, 1.54) is 51.4 Å². The van der Waals surface area contributed by atoms with Crippen molar-refractivity contribution in [2.24, 2.45) is 5.73 Å². The topological polar surface area (TPSA) is 43.1 Å². The van der Waals surface area contributed by atoms with Crippen LogP contribution in [-0.2, 0) is 4.79 Å². The summed E-state index contributed by atoms with van der Waals surface area (Å²) in [6.45, 7) is 4.06. The van der Waals surface area contributed by atoms with Crippen LogP contribution in [0.3, 0.4) is 0 Å². The van der Waals surface area contributed by atoms with E-state index in [2.05, 4.69) is 6.92 Å². The van der Waals surface area contributed by atoms with Crippen molar-refractivity contribution in [1.29, 1.82) is 0 Å². The van der Waals surface area contributed by atoms with Crippen LogP contribution in [0.15, 0.2) is 11.8 Å². The normalized spacial score (nSPS) is 11.8. The molecule has 0 aromatic rings. The molecule has 18 heavy (non-hydrogen) atoms. The first-order chi connectivity index (χ1) is 8.72. The standard InChI is InChI=1S/C16H31NO/c1-3-5-6-7-8-9-10-11-12-13-14-16(18)15(17)4-2/h4H,3,5-14,17H2,1-2H3. The van der Waals surface area contributed by atoms with Crippen LogP contribution >= 0.6 is 0 Å². The molecule has 0 bridgehead atoms. The molecular formula is C16H31NO. The Morgan fingerprint density at radius 2 is 1.33 bits per heavy atom. The monoisotopic (exact) mass is 253 g/mol.